The largest absolute Gasteiger partial charge is 0.506 e. The molecule has 3 aromatic rings. The van der Waals surface area contributed by atoms with E-state index in [1.54, 1.807) is 43.5 Å². The molecule has 0 aliphatic rings. The van der Waals surface area contributed by atoms with E-state index in [0.29, 0.717) is 22.5 Å². The molecule has 0 radical (unpaired) electrons. The van der Waals surface area contributed by atoms with Gasteiger partial charge in [0, 0.05) is 17.8 Å². The van der Waals surface area contributed by atoms with Gasteiger partial charge in [-0.15, -0.1) is 0 Å². The van der Waals surface area contributed by atoms with Gasteiger partial charge in [-0.2, -0.15) is 4.98 Å². The average Bonchev–Trinajstić information content (AvgIpc) is 2.97. The van der Waals surface area contributed by atoms with Crippen LogP contribution in [0.4, 0.5) is 4.39 Å². The van der Waals surface area contributed by atoms with Crippen LogP contribution in [0.3, 0.4) is 0 Å². The summed E-state index contributed by atoms with van der Waals surface area (Å²) in [7, 11) is 0. The molecule has 0 fully saturated rings. The minimum absolute atomic E-state index is 0.0727. The number of aromatic hydroxyl groups is 1. The molecule has 6 heteroatoms. The lowest BCUT2D eigenvalue weighted by Crippen LogP contribution is -1.86. The number of hydrogen-bond acceptors (Lipinski definition) is 5. The van der Waals surface area contributed by atoms with Gasteiger partial charge in [0.25, 0.3) is 5.89 Å². The third-order valence-corrected chi connectivity index (χ3v) is 3.04. The van der Waals surface area contributed by atoms with Gasteiger partial charge in [-0.05, 0) is 36.3 Å². The summed E-state index contributed by atoms with van der Waals surface area (Å²) >= 11 is 0. The summed E-state index contributed by atoms with van der Waals surface area (Å²) in [6.07, 6.45) is 6.20. The van der Waals surface area contributed by atoms with Crippen molar-refractivity contribution in [3.05, 3.63) is 59.5 Å². The zero-order valence-corrected chi connectivity index (χ0v) is 11.7. The lowest BCUT2D eigenvalue weighted by atomic mass is 10.1. The monoisotopic (exact) mass is 297 g/mol. The smallest absolute Gasteiger partial charge is 0.250 e. The van der Waals surface area contributed by atoms with Crippen molar-refractivity contribution in [2.24, 2.45) is 0 Å². The summed E-state index contributed by atoms with van der Waals surface area (Å²) in [6.45, 7) is 1.69. The van der Waals surface area contributed by atoms with Gasteiger partial charge < -0.3 is 9.63 Å². The summed E-state index contributed by atoms with van der Waals surface area (Å²) in [5, 5.41) is 13.1. The Labute approximate surface area is 125 Å². The second kappa shape index (κ2) is 5.77. The summed E-state index contributed by atoms with van der Waals surface area (Å²) < 4.78 is 18.6. The molecule has 0 saturated heterocycles. The van der Waals surface area contributed by atoms with Gasteiger partial charge >= 0.3 is 0 Å². The van der Waals surface area contributed by atoms with E-state index < -0.39 is 0 Å². The van der Waals surface area contributed by atoms with Crippen LogP contribution in [0.2, 0.25) is 0 Å². The number of halogens is 1. The molecule has 0 amide bonds. The van der Waals surface area contributed by atoms with Crippen LogP contribution >= 0.6 is 0 Å². The Kier molecular flexibility index (Phi) is 3.65. The van der Waals surface area contributed by atoms with Crippen molar-refractivity contribution in [3.63, 3.8) is 0 Å². The molecule has 0 saturated carbocycles. The number of aromatic nitrogens is 3. The number of aryl methyl sites for hydroxylation is 1. The van der Waals surface area contributed by atoms with E-state index in [1.165, 1.54) is 12.3 Å². The Balaban J connectivity index is 1.83. The topological polar surface area (TPSA) is 72.0 Å². The Bertz CT molecular complexity index is 843. The molecule has 3 rings (SSSR count). The normalized spacial score (nSPS) is 11.2. The predicted molar refractivity (Wildman–Crippen MR) is 79.3 cm³/mol. The maximum atomic E-state index is 13.5. The lowest BCUT2D eigenvalue weighted by Gasteiger charge is -1.97. The van der Waals surface area contributed by atoms with E-state index in [2.05, 4.69) is 15.1 Å². The van der Waals surface area contributed by atoms with Crippen LogP contribution < -0.4 is 0 Å². The highest BCUT2D eigenvalue weighted by Crippen LogP contribution is 2.20. The molecule has 0 unspecified atom stereocenters. The van der Waals surface area contributed by atoms with Crippen LogP contribution in [0, 0.1) is 12.7 Å². The highest BCUT2D eigenvalue weighted by atomic mass is 19.1. The molecule has 1 N–H and O–H groups in total. The van der Waals surface area contributed by atoms with Gasteiger partial charge in [-0.25, -0.2) is 4.39 Å². The minimum Gasteiger partial charge on any atom is -0.506 e. The van der Waals surface area contributed by atoms with Gasteiger partial charge in [0.2, 0.25) is 5.82 Å². The van der Waals surface area contributed by atoms with Gasteiger partial charge in [0.05, 0.1) is 6.20 Å². The van der Waals surface area contributed by atoms with Crippen LogP contribution in [0.5, 0.6) is 5.75 Å². The fraction of sp³-hybridized carbons (Fsp3) is 0.0625. The lowest BCUT2D eigenvalue weighted by molar-refractivity contribution is 0.411. The van der Waals surface area contributed by atoms with Crippen LogP contribution in [0.25, 0.3) is 23.5 Å². The molecular formula is C16H12FN3O2. The molecular weight excluding hydrogens is 285 g/mol. The van der Waals surface area contributed by atoms with Crippen LogP contribution in [-0.2, 0) is 0 Å². The number of hydrogen-bond donors (Lipinski definition) is 1. The first-order chi connectivity index (χ1) is 10.6. The maximum Gasteiger partial charge on any atom is 0.250 e. The molecule has 2 aromatic heterocycles. The molecule has 0 spiro atoms. The molecule has 2 heterocycles. The predicted octanol–water partition coefficient (Wildman–Crippen LogP) is 3.46. The van der Waals surface area contributed by atoms with Crippen molar-refractivity contribution in [3.8, 4) is 17.1 Å². The zero-order chi connectivity index (χ0) is 15.5. The van der Waals surface area contributed by atoms with Crippen molar-refractivity contribution in [1.82, 2.24) is 15.1 Å². The van der Waals surface area contributed by atoms with Gasteiger partial charge in [0.15, 0.2) is 0 Å². The number of rotatable bonds is 3. The van der Waals surface area contributed by atoms with Crippen LogP contribution in [-0.4, -0.2) is 20.2 Å². The summed E-state index contributed by atoms with van der Waals surface area (Å²) in [5.74, 6) is 0.348. The summed E-state index contributed by atoms with van der Waals surface area (Å²) in [6, 6.07) is 6.31. The van der Waals surface area contributed by atoms with E-state index in [-0.39, 0.29) is 17.5 Å². The maximum absolute atomic E-state index is 13.5. The zero-order valence-electron chi connectivity index (χ0n) is 11.7. The van der Waals surface area contributed by atoms with Crippen molar-refractivity contribution >= 4 is 12.2 Å². The standard InChI is InChI=1S/C16H12FN3O2/c1-10-2-4-12(7-14(10)17)16-19-15(22-20-16)5-3-11-6-13(21)9-18-8-11/h2-9,21H,1H3. The van der Waals surface area contributed by atoms with Crippen molar-refractivity contribution in [1.29, 1.82) is 0 Å². The third kappa shape index (κ3) is 3.01. The number of benzene rings is 1. The van der Waals surface area contributed by atoms with Gasteiger partial charge in [-0.1, -0.05) is 17.3 Å². The second-order valence-electron chi connectivity index (χ2n) is 4.73. The Hall–Kier alpha value is -3.02. The first-order valence-electron chi connectivity index (χ1n) is 6.54. The van der Waals surface area contributed by atoms with E-state index in [4.69, 9.17) is 4.52 Å². The van der Waals surface area contributed by atoms with Gasteiger partial charge in [0.1, 0.15) is 11.6 Å². The molecule has 0 bridgehead atoms. The quantitative estimate of drug-likeness (QED) is 0.801. The molecule has 0 atom stereocenters. The summed E-state index contributed by atoms with van der Waals surface area (Å²) in [5.41, 5.74) is 1.80. The fourth-order valence-electron chi connectivity index (χ4n) is 1.86. The Morgan fingerprint density at radius 2 is 2.05 bits per heavy atom. The molecule has 0 aliphatic carbocycles. The SMILES string of the molecule is Cc1ccc(-c2noc(C=Cc3cncc(O)c3)n2)cc1F. The highest BCUT2D eigenvalue weighted by molar-refractivity contribution is 5.67. The minimum atomic E-state index is -0.315. The molecule has 0 aliphatic heterocycles. The van der Waals surface area contributed by atoms with Crippen LogP contribution in [0.15, 0.2) is 41.2 Å². The average molecular weight is 297 g/mol. The van der Waals surface area contributed by atoms with E-state index >= 15 is 0 Å². The molecule has 1 aromatic carbocycles. The fourth-order valence-corrected chi connectivity index (χ4v) is 1.86. The third-order valence-electron chi connectivity index (χ3n) is 3.04. The van der Waals surface area contributed by atoms with E-state index in [9.17, 15) is 9.50 Å². The number of nitrogens with zero attached hydrogens (tertiary/aromatic N) is 3. The molecule has 22 heavy (non-hydrogen) atoms. The first kappa shape index (κ1) is 13.9. The van der Waals surface area contributed by atoms with Crippen molar-refractivity contribution in [2.45, 2.75) is 6.92 Å². The van der Waals surface area contributed by atoms with Crippen molar-refractivity contribution in [2.75, 3.05) is 0 Å². The van der Waals surface area contributed by atoms with Crippen molar-refractivity contribution < 1.29 is 14.0 Å². The summed E-state index contributed by atoms with van der Waals surface area (Å²) in [4.78, 5) is 8.03. The molecule has 110 valence electrons. The first-order valence-corrected chi connectivity index (χ1v) is 6.54. The van der Waals surface area contributed by atoms with Gasteiger partial charge in [-0.3, -0.25) is 4.98 Å². The number of pyridine rings is 1. The Morgan fingerprint density at radius 3 is 2.82 bits per heavy atom. The van der Waals surface area contributed by atoms with Crippen LogP contribution in [0.1, 0.15) is 17.0 Å². The van der Waals surface area contributed by atoms with E-state index in [0.717, 1.165) is 0 Å². The van der Waals surface area contributed by atoms with E-state index in [1.807, 2.05) is 0 Å². The Morgan fingerprint density at radius 1 is 1.18 bits per heavy atom. The second-order valence-corrected chi connectivity index (χ2v) is 4.73. The molecule has 5 nitrogen and oxygen atoms in total. The highest BCUT2D eigenvalue weighted by Gasteiger charge is 2.08.